The number of aryl methyl sites for hydroxylation is 1. The first-order chi connectivity index (χ1) is 15.6. The lowest BCUT2D eigenvalue weighted by Crippen LogP contribution is -2.40. The number of aromatic nitrogens is 4. The van der Waals surface area contributed by atoms with Crippen molar-refractivity contribution in [1.29, 1.82) is 0 Å². The largest absolute Gasteiger partial charge is 0.376 e. The fourth-order valence-corrected chi connectivity index (χ4v) is 4.09. The molecule has 5 rings (SSSR count). The van der Waals surface area contributed by atoms with E-state index in [9.17, 15) is 9.18 Å². The van der Waals surface area contributed by atoms with Gasteiger partial charge in [-0.2, -0.15) is 4.52 Å². The number of carbonyl (C=O) groups is 1. The summed E-state index contributed by atoms with van der Waals surface area (Å²) in [5, 5.41) is 15.8. The average molecular weight is 434 g/mol. The van der Waals surface area contributed by atoms with Gasteiger partial charge in [-0.3, -0.25) is 0 Å². The molecule has 1 N–H and O–H groups in total. The quantitative estimate of drug-likeness (QED) is 0.514. The number of anilines is 1. The van der Waals surface area contributed by atoms with Crippen molar-refractivity contribution >= 4 is 28.3 Å². The number of ether oxygens (including phenoxy) is 1. The highest BCUT2D eigenvalue weighted by Crippen LogP contribution is 2.23. The van der Waals surface area contributed by atoms with Gasteiger partial charge in [-0.15, -0.1) is 5.10 Å². The van der Waals surface area contributed by atoms with Gasteiger partial charge >= 0.3 is 6.03 Å². The molecule has 2 aromatic heterocycles. The Hall–Kier alpha value is -3.59. The second kappa shape index (κ2) is 8.51. The Morgan fingerprint density at radius 1 is 1.28 bits per heavy atom. The van der Waals surface area contributed by atoms with Crippen LogP contribution >= 0.6 is 0 Å². The molecule has 0 bridgehead atoms. The van der Waals surface area contributed by atoms with Crippen molar-refractivity contribution in [2.45, 2.75) is 32.4 Å². The molecular formula is C23H23FN6O2. The maximum absolute atomic E-state index is 14.1. The van der Waals surface area contributed by atoms with Gasteiger partial charge in [-0.1, -0.05) is 24.3 Å². The van der Waals surface area contributed by atoms with E-state index in [0.29, 0.717) is 18.8 Å². The fourth-order valence-electron chi connectivity index (χ4n) is 4.09. The predicted molar refractivity (Wildman–Crippen MR) is 118 cm³/mol. The molecule has 0 radical (unpaired) electrons. The van der Waals surface area contributed by atoms with Crippen LogP contribution < -0.4 is 5.32 Å². The summed E-state index contributed by atoms with van der Waals surface area (Å²) in [5.41, 5.74) is 3.52. The molecule has 0 aliphatic carbocycles. The number of hydrogen-bond acceptors (Lipinski definition) is 5. The monoisotopic (exact) mass is 434 g/mol. The Bertz CT molecular complexity index is 1280. The smallest absolute Gasteiger partial charge is 0.322 e. The highest BCUT2D eigenvalue weighted by atomic mass is 19.1. The van der Waals surface area contributed by atoms with Crippen LogP contribution in [0.4, 0.5) is 14.9 Å². The van der Waals surface area contributed by atoms with Crippen LogP contribution in [0.2, 0.25) is 0 Å². The molecule has 1 aliphatic rings. The van der Waals surface area contributed by atoms with Crippen LogP contribution in [0.3, 0.4) is 0 Å². The van der Waals surface area contributed by atoms with Crippen LogP contribution in [0.5, 0.6) is 0 Å². The third-order valence-electron chi connectivity index (χ3n) is 5.71. The van der Waals surface area contributed by atoms with Crippen molar-refractivity contribution in [1.82, 2.24) is 24.9 Å². The average Bonchev–Trinajstić information content (AvgIpc) is 3.47. The molecule has 1 saturated heterocycles. The Labute approximate surface area is 184 Å². The lowest BCUT2D eigenvalue weighted by Gasteiger charge is -2.26. The SMILES string of the molecule is Cc1ccc2cc(CN(C[C@H]3CCCO3)C(=O)Nc3ccccc3F)c3nnnn3c2c1. The van der Waals surface area contributed by atoms with Crippen LogP contribution in [0.1, 0.15) is 24.0 Å². The molecule has 2 aromatic carbocycles. The zero-order chi connectivity index (χ0) is 22.1. The van der Waals surface area contributed by atoms with Crippen LogP contribution in [-0.2, 0) is 11.3 Å². The van der Waals surface area contributed by atoms with Crippen LogP contribution in [0, 0.1) is 12.7 Å². The van der Waals surface area contributed by atoms with Crippen LogP contribution in [0.15, 0.2) is 48.5 Å². The van der Waals surface area contributed by atoms with E-state index >= 15 is 0 Å². The first-order valence-electron chi connectivity index (χ1n) is 10.6. The third kappa shape index (κ3) is 3.99. The van der Waals surface area contributed by atoms with Gasteiger partial charge < -0.3 is 15.0 Å². The van der Waals surface area contributed by atoms with E-state index in [2.05, 4.69) is 20.8 Å². The summed E-state index contributed by atoms with van der Waals surface area (Å²) in [6.07, 6.45) is 1.78. The molecule has 2 amide bonds. The van der Waals surface area contributed by atoms with Crippen molar-refractivity contribution in [3.63, 3.8) is 0 Å². The number of carbonyl (C=O) groups excluding carboxylic acids is 1. The second-order valence-corrected chi connectivity index (χ2v) is 8.07. The normalized spacial score (nSPS) is 16.0. The molecule has 0 saturated carbocycles. The molecule has 32 heavy (non-hydrogen) atoms. The summed E-state index contributed by atoms with van der Waals surface area (Å²) in [7, 11) is 0. The summed E-state index contributed by atoms with van der Waals surface area (Å²) >= 11 is 0. The number of benzene rings is 2. The minimum Gasteiger partial charge on any atom is -0.376 e. The first-order valence-corrected chi connectivity index (χ1v) is 10.6. The summed E-state index contributed by atoms with van der Waals surface area (Å²) in [6, 6.07) is 13.8. The number of halogens is 1. The van der Waals surface area contributed by atoms with E-state index in [1.54, 1.807) is 21.5 Å². The van der Waals surface area contributed by atoms with Gasteiger partial charge in [0, 0.05) is 24.1 Å². The van der Waals surface area contributed by atoms with E-state index in [4.69, 9.17) is 4.74 Å². The van der Waals surface area contributed by atoms with Gasteiger partial charge in [0.2, 0.25) is 0 Å². The van der Waals surface area contributed by atoms with Gasteiger partial charge in [0.05, 0.1) is 23.9 Å². The summed E-state index contributed by atoms with van der Waals surface area (Å²) in [6.45, 7) is 3.34. The highest BCUT2D eigenvalue weighted by molar-refractivity contribution is 5.90. The standard InChI is InChI=1S/C23H23FN6O2/c1-15-8-9-16-12-17(22-26-27-28-30(22)21(16)11-15)13-29(14-18-5-4-10-32-18)23(31)25-20-7-3-2-6-19(20)24/h2-3,6-9,11-12,18H,4-5,10,13-14H2,1H3,(H,25,31)/t18-/m1/s1. The van der Waals surface area contributed by atoms with Gasteiger partial charge in [0.15, 0.2) is 5.65 Å². The third-order valence-corrected chi connectivity index (χ3v) is 5.71. The van der Waals surface area contributed by atoms with E-state index < -0.39 is 11.8 Å². The number of urea groups is 1. The van der Waals surface area contributed by atoms with Gasteiger partial charge in [-0.05, 0) is 60.0 Å². The van der Waals surface area contributed by atoms with Gasteiger partial charge in [0.1, 0.15) is 5.82 Å². The molecule has 8 nitrogen and oxygen atoms in total. The molecule has 0 unspecified atom stereocenters. The Balaban J connectivity index is 1.49. The number of amides is 2. The van der Waals surface area contributed by atoms with Crippen molar-refractivity contribution in [2.24, 2.45) is 0 Å². The Morgan fingerprint density at radius 3 is 2.97 bits per heavy atom. The van der Waals surface area contributed by atoms with E-state index in [1.807, 2.05) is 31.2 Å². The number of pyridine rings is 1. The van der Waals surface area contributed by atoms with Gasteiger partial charge in [-0.25, -0.2) is 9.18 Å². The van der Waals surface area contributed by atoms with E-state index in [0.717, 1.165) is 34.9 Å². The number of nitrogens with one attached hydrogen (secondary N) is 1. The number of nitrogens with zero attached hydrogens (tertiary/aromatic N) is 5. The molecule has 4 aromatic rings. The fraction of sp³-hybridized carbons (Fsp3) is 0.304. The molecule has 3 heterocycles. The van der Waals surface area contributed by atoms with Gasteiger partial charge in [0.25, 0.3) is 0 Å². The van der Waals surface area contributed by atoms with E-state index in [1.165, 1.54) is 12.1 Å². The summed E-state index contributed by atoms with van der Waals surface area (Å²) < 4.78 is 21.6. The lowest BCUT2D eigenvalue weighted by molar-refractivity contribution is 0.0820. The van der Waals surface area contributed by atoms with Crippen molar-refractivity contribution in [2.75, 3.05) is 18.5 Å². The maximum atomic E-state index is 14.1. The minimum absolute atomic E-state index is 0.0588. The van der Waals surface area contributed by atoms with Crippen LogP contribution in [-0.4, -0.2) is 50.2 Å². The summed E-state index contributed by atoms with van der Waals surface area (Å²) in [4.78, 5) is 14.8. The second-order valence-electron chi connectivity index (χ2n) is 8.07. The highest BCUT2D eigenvalue weighted by Gasteiger charge is 2.25. The van der Waals surface area contributed by atoms with Crippen molar-refractivity contribution in [3.8, 4) is 0 Å². The maximum Gasteiger partial charge on any atom is 0.322 e. The molecule has 9 heteroatoms. The zero-order valence-corrected chi connectivity index (χ0v) is 17.7. The molecular weight excluding hydrogens is 411 g/mol. The Morgan fingerprint density at radius 2 is 2.16 bits per heavy atom. The number of hydrogen-bond donors (Lipinski definition) is 1. The van der Waals surface area contributed by atoms with Crippen molar-refractivity contribution in [3.05, 3.63) is 65.5 Å². The molecule has 1 atom stereocenters. The topological polar surface area (TPSA) is 84.6 Å². The number of rotatable bonds is 5. The number of fused-ring (bicyclic) bond motifs is 3. The zero-order valence-electron chi connectivity index (χ0n) is 17.7. The number of tetrazole rings is 1. The molecule has 1 fully saturated rings. The predicted octanol–water partition coefficient (Wildman–Crippen LogP) is 3.94. The first kappa shape index (κ1) is 20.3. The molecule has 164 valence electrons. The summed E-state index contributed by atoms with van der Waals surface area (Å²) in [5.74, 6) is -0.483. The van der Waals surface area contributed by atoms with E-state index in [-0.39, 0.29) is 18.3 Å². The number of para-hydroxylation sites is 1. The Kier molecular flexibility index (Phi) is 5.40. The minimum atomic E-state index is -0.483. The van der Waals surface area contributed by atoms with Crippen molar-refractivity contribution < 1.29 is 13.9 Å². The lowest BCUT2D eigenvalue weighted by atomic mass is 10.1. The molecule has 1 aliphatic heterocycles. The molecule has 0 spiro atoms. The van der Waals surface area contributed by atoms with Crippen LogP contribution in [0.25, 0.3) is 16.6 Å².